The minimum Gasteiger partial charge on any atom is -0.497 e. The van der Waals surface area contributed by atoms with E-state index in [-0.39, 0.29) is 43.4 Å². The van der Waals surface area contributed by atoms with Gasteiger partial charge in [-0.05, 0) is 55.0 Å². The maximum Gasteiger partial charge on any atom is 0.265 e. The third kappa shape index (κ3) is 5.78. The summed E-state index contributed by atoms with van der Waals surface area (Å²) in [5.74, 6) is 0.692. The SMILES string of the molecule is COc1ccc(OCC(=O)c2ccc3c(c2)N(CC(=O)NC(C)c2ccccc2)C(=O)CO3)cc1. The van der Waals surface area contributed by atoms with Crippen LogP contribution >= 0.6 is 0 Å². The standard InChI is InChI=1S/C27H26N2O6/c1-18(19-6-4-3-5-7-19)28-26(31)15-29-23-14-20(8-13-25(23)35-17-27(29)32)24(30)16-34-22-11-9-21(33-2)10-12-22/h3-14,18H,15-17H2,1-2H3,(H,28,31). The van der Waals surface area contributed by atoms with E-state index in [0.717, 1.165) is 5.56 Å². The number of rotatable bonds is 9. The lowest BCUT2D eigenvalue weighted by atomic mass is 10.1. The van der Waals surface area contributed by atoms with Crippen molar-refractivity contribution >= 4 is 23.3 Å². The monoisotopic (exact) mass is 474 g/mol. The zero-order valence-corrected chi connectivity index (χ0v) is 19.5. The van der Waals surface area contributed by atoms with Crippen molar-refractivity contribution in [2.75, 3.05) is 31.8 Å². The van der Waals surface area contributed by atoms with E-state index in [1.165, 1.54) is 4.90 Å². The van der Waals surface area contributed by atoms with Crippen LogP contribution in [0.1, 0.15) is 28.9 Å². The fraction of sp³-hybridized carbons (Fsp3) is 0.222. The van der Waals surface area contributed by atoms with E-state index in [2.05, 4.69) is 5.32 Å². The normalized spacial score (nSPS) is 13.3. The van der Waals surface area contributed by atoms with Gasteiger partial charge in [0.15, 0.2) is 19.0 Å². The molecule has 0 fully saturated rings. The van der Waals surface area contributed by atoms with Gasteiger partial charge in [0.25, 0.3) is 5.91 Å². The van der Waals surface area contributed by atoms with Crippen LogP contribution < -0.4 is 24.4 Å². The van der Waals surface area contributed by atoms with Gasteiger partial charge in [0.1, 0.15) is 23.8 Å². The van der Waals surface area contributed by atoms with E-state index in [1.807, 2.05) is 37.3 Å². The van der Waals surface area contributed by atoms with Crippen molar-refractivity contribution < 1.29 is 28.6 Å². The first-order chi connectivity index (χ1) is 16.9. The Morgan fingerprint density at radius 3 is 2.46 bits per heavy atom. The molecule has 35 heavy (non-hydrogen) atoms. The van der Waals surface area contributed by atoms with Crippen LogP contribution in [0.4, 0.5) is 5.69 Å². The van der Waals surface area contributed by atoms with Crippen molar-refractivity contribution in [2.45, 2.75) is 13.0 Å². The van der Waals surface area contributed by atoms with Crippen molar-refractivity contribution in [1.29, 1.82) is 0 Å². The molecule has 0 aromatic heterocycles. The smallest absolute Gasteiger partial charge is 0.265 e. The van der Waals surface area contributed by atoms with Gasteiger partial charge in [-0.15, -0.1) is 0 Å². The molecule has 3 aromatic rings. The molecule has 0 bridgehead atoms. The second kappa shape index (κ2) is 10.7. The Kier molecular flexibility index (Phi) is 7.30. The summed E-state index contributed by atoms with van der Waals surface area (Å²) in [5, 5.41) is 2.91. The largest absolute Gasteiger partial charge is 0.497 e. The van der Waals surface area contributed by atoms with Crippen LogP contribution in [0.5, 0.6) is 17.2 Å². The van der Waals surface area contributed by atoms with Gasteiger partial charge < -0.3 is 19.5 Å². The number of ketones is 1. The summed E-state index contributed by atoms with van der Waals surface area (Å²) in [6, 6.07) is 21.0. The lowest BCUT2D eigenvalue weighted by Crippen LogP contribution is -2.45. The minimum atomic E-state index is -0.362. The van der Waals surface area contributed by atoms with Crippen LogP contribution in [-0.2, 0) is 9.59 Å². The maximum absolute atomic E-state index is 12.8. The number of Topliss-reactive ketones (excluding diaryl/α,β-unsaturated/α-hetero) is 1. The summed E-state index contributed by atoms with van der Waals surface area (Å²) in [7, 11) is 1.57. The number of amides is 2. The van der Waals surface area contributed by atoms with Gasteiger partial charge in [0.2, 0.25) is 5.91 Å². The Hall–Kier alpha value is -4.33. The molecular weight excluding hydrogens is 448 g/mol. The first-order valence-electron chi connectivity index (χ1n) is 11.2. The van der Waals surface area contributed by atoms with E-state index < -0.39 is 0 Å². The molecule has 1 atom stereocenters. The van der Waals surface area contributed by atoms with Gasteiger partial charge in [-0.25, -0.2) is 0 Å². The number of nitrogens with zero attached hydrogens (tertiary/aromatic N) is 1. The van der Waals surface area contributed by atoms with Crippen LogP contribution in [0.25, 0.3) is 0 Å². The number of carbonyl (C=O) groups is 3. The topological polar surface area (TPSA) is 94.2 Å². The Bertz CT molecular complexity index is 1210. The second-order valence-corrected chi connectivity index (χ2v) is 8.04. The van der Waals surface area contributed by atoms with Gasteiger partial charge in [0, 0.05) is 5.56 Å². The van der Waals surface area contributed by atoms with Crippen molar-refractivity contribution in [1.82, 2.24) is 5.32 Å². The van der Waals surface area contributed by atoms with E-state index >= 15 is 0 Å². The molecule has 1 N–H and O–H groups in total. The molecule has 0 saturated carbocycles. The average Bonchev–Trinajstić information content (AvgIpc) is 2.89. The Morgan fingerprint density at radius 2 is 1.74 bits per heavy atom. The highest BCUT2D eigenvalue weighted by Gasteiger charge is 2.28. The molecular formula is C27H26N2O6. The highest BCUT2D eigenvalue weighted by atomic mass is 16.5. The number of ether oxygens (including phenoxy) is 3. The average molecular weight is 475 g/mol. The van der Waals surface area contributed by atoms with E-state index in [0.29, 0.717) is 28.5 Å². The number of hydrogen-bond donors (Lipinski definition) is 1. The second-order valence-electron chi connectivity index (χ2n) is 8.04. The lowest BCUT2D eigenvalue weighted by Gasteiger charge is -2.29. The molecule has 1 aliphatic heterocycles. The van der Waals surface area contributed by atoms with Crippen LogP contribution in [-0.4, -0.2) is 44.5 Å². The van der Waals surface area contributed by atoms with Crippen LogP contribution in [0, 0.1) is 0 Å². The Labute approximate surface area is 203 Å². The number of methoxy groups -OCH3 is 1. The number of fused-ring (bicyclic) bond motifs is 1. The van der Waals surface area contributed by atoms with E-state index in [4.69, 9.17) is 14.2 Å². The van der Waals surface area contributed by atoms with Gasteiger partial charge in [-0.2, -0.15) is 0 Å². The lowest BCUT2D eigenvalue weighted by molar-refractivity contribution is -0.125. The summed E-state index contributed by atoms with van der Waals surface area (Å²) in [5.41, 5.74) is 1.68. The molecule has 1 unspecified atom stereocenters. The summed E-state index contributed by atoms with van der Waals surface area (Å²) in [6.07, 6.45) is 0. The van der Waals surface area contributed by atoms with Crippen molar-refractivity contribution in [3.63, 3.8) is 0 Å². The van der Waals surface area contributed by atoms with Gasteiger partial charge in [0.05, 0.1) is 18.8 Å². The highest BCUT2D eigenvalue weighted by molar-refractivity contribution is 6.04. The highest BCUT2D eigenvalue weighted by Crippen LogP contribution is 2.33. The molecule has 8 heteroatoms. The molecule has 0 saturated heterocycles. The maximum atomic E-state index is 12.8. The molecule has 180 valence electrons. The first-order valence-corrected chi connectivity index (χ1v) is 11.2. The number of anilines is 1. The third-order valence-corrected chi connectivity index (χ3v) is 5.63. The molecule has 0 radical (unpaired) electrons. The molecule has 3 aromatic carbocycles. The van der Waals surface area contributed by atoms with Gasteiger partial charge in [-0.3, -0.25) is 19.3 Å². The van der Waals surface area contributed by atoms with Crippen LogP contribution in [0.2, 0.25) is 0 Å². The third-order valence-electron chi connectivity index (χ3n) is 5.63. The number of hydrogen-bond acceptors (Lipinski definition) is 6. The van der Waals surface area contributed by atoms with E-state index in [1.54, 1.807) is 49.6 Å². The van der Waals surface area contributed by atoms with Crippen molar-refractivity contribution in [3.05, 3.63) is 83.9 Å². The van der Waals surface area contributed by atoms with Gasteiger partial charge >= 0.3 is 0 Å². The summed E-state index contributed by atoms with van der Waals surface area (Å²) in [4.78, 5) is 39.4. The fourth-order valence-corrected chi connectivity index (χ4v) is 3.71. The Balaban J connectivity index is 1.44. The van der Waals surface area contributed by atoms with Crippen molar-refractivity contribution in [2.24, 2.45) is 0 Å². The molecule has 1 heterocycles. The summed E-state index contributed by atoms with van der Waals surface area (Å²) in [6.45, 7) is 1.33. The molecule has 2 amide bonds. The zero-order chi connectivity index (χ0) is 24.8. The van der Waals surface area contributed by atoms with Crippen LogP contribution in [0.3, 0.4) is 0 Å². The minimum absolute atomic E-state index is 0.178. The number of carbonyl (C=O) groups excluding carboxylic acids is 3. The fourth-order valence-electron chi connectivity index (χ4n) is 3.71. The molecule has 8 nitrogen and oxygen atoms in total. The number of benzene rings is 3. The summed E-state index contributed by atoms with van der Waals surface area (Å²) >= 11 is 0. The predicted octanol–water partition coefficient (Wildman–Crippen LogP) is 3.56. The quantitative estimate of drug-likeness (QED) is 0.477. The number of nitrogens with one attached hydrogen (secondary N) is 1. The van der Waals surface area contributed by atoms with Crippen LogP contribution in [0.15, 0.2) is 72.8 Å². The van der Waals surface area contributed by atoms with Gasteiger partial charge in [-0.1, -0.05) is 30.3 Å². The Morgan fingerprint density at radius 1 is 1.03 bits per heavy atom. The van der Waals surface area contributed by atoms with E-state index in [9.17, 15) is 14.4 Å². The molecule has 0 aliphatic carbocycles. The first kappa shape index (κ1) is 23.8. The molecule has 4 rings (SSSR count). The van der Waals surface area contributed by atoms with Crippen molar-refractivity contribution in [3.8, 4) is 17.2 Å². The zero-order valence-electron chi connectivity index (χ0n) is 19.5. The summed E-state index contributed by atoms with van der Waals surface area (Å²) < 4.78 is 16.2. The predicted molar refractivity (Wildman–Crippen MR) is 130 cm³/mol. The molecule has 0 spiro atoms. The molecule has 1 aliphatic rings.